The smallest absolute Gasteiger partial charge is 0.358 e. The molecule has 0 radical (unpaired) electrons. The number of nitrogens with one attached hydrogen (secondary N) is 1. The summed E-state index contributed by atoms with van der Waals surface area (Å²) in [6, 6.07) is 15.4. The molecule has 4 heteroatoms. The first-order valence-corrected chi connectivity index (χ1v) is 13.5. The molecule has 0 fully saturated rings. The van der Waals surface area contributed by atoms with Crippen LogP contribution in [0.4, 0.5) is 11.4 Å². The summed E-state index contributed by atoms with van der Waals surface area (Å²) in [7, 11) is 0. The van der Waals surface area contributed by atoms with Crippen LogP contribution in [-0.4, -0.2) is 16.4 Å². The van der Waals surface area contributed by atoms with Crippen LogP contribution in [0.5, 0.6) is 0 Å². The van der Waals surface area contributed by atoms with Crippen LogP contribution in [0.3, 0.4) is 0 Å². The Balaban J connectivity index is 0.00000481. The number of rotatable bonds is 8. The number of hydrogen-bond donors (Lipinski definition) is 1. The number of aromatic nitrogens is 1. The van der Waals surface area contributed by atoms with Gasteiger partial charge in [0.1, 0.15) is 0 Å². The number of benzene rings is 2. The van der Waals surface area contributed by atoms with Crippen molar-refractivity contribution in [2.45, 2.75) is 99.8 Å². The number of aromatic amines is 1. The second kappa shape index (κ2) is 15.4. The first-order chi connectivity index (χ1) is 16.9. The maximum Gasteiger partial charge on any atom is 2.00 e. The number of hydrogen-bond acceptors (Lipinski definition) is 2. The molecule has 0 unspecified atom stereocenters. The molecule has 0 amide bonds. The van der Waals surface area contributed by atoms with Crippen LogP contribution < -0.4 is 0 Å². The Hall–Kier alpha value is -2.42. The summed E-state index contributed by atoms with van der Waals surface area (Å²) in [5.41, 5.74) is 12.8. The summed E-state index contributed by atoms with van der Waals surface area (Å²) in [5.74, 6) is 1.67. The maximum absolute atomic E-state index is 5.19. The van der Waals surface area contributed by atoms with Gasteiger partial charge < -0.3 is 19.8 Å². The van der Waals surface area contributed by atoms with Crippen molar-refractivity contribution < 1.29 is 17.1 Å². The zero-order valence-corrected chi connectivity index (χ0v) is 27.7. The van der Waals surface area contributed by atoms with E-state index in [2.05, 4.69) is 124 Å². The molecule has 0 aliphatic carbocycles. The van der Waals surface area contributed by atoms with Crippen molar-refractivity contribution in [2.75, 3.05) is 0 Å². The number of aliphatic imine (C=N–C) groups is 2. The van der Waals surface area contributed by atoms with Gasteiger partial charge >= 0.3 is 17.1 Å². The monoisotopic (exact) mass is 569 g/mol. The van der Waals surface area contributed by atoms with E-state index in [1.165, 1.54) is 27.8 Å². The molecule has 0 saturated heterocycles. The van der Waals surface area contributed by atoms with Gasteiger partial charge in [-0.2, -0.15) is 0 Å². The largest absolute Gasteiger partial charge is 2.00 e. The van der Waals surface area contributed by atoms with E-state index < -0.39 is 0 Å². The average Bonchev–Trinajstić information content (AvgIpc) is 3.30. The van der Waals surface area contributed by atoms with E-state index in [0.717, 1.165) is 34.2 Å². The normalized spacial score (nSPS) is 12.1. The summed E-state index contributed by atoms with van der Waals surface area (Å²) in [5, 5.41) is 0. The van der Waals surface area contributed by atoms with Crippen LogP contribution in [0.2, 0.25) is 0 Å². The summed E-state index contributed by atoms with van der Waals surface area (Å²) in [6.07, 6.45) is 0. The molecule has 1 heterocycles. The van der Waals surface area contributed by atoms with Crippen molar-refractivity contribution in [1.82, 2.24) is 4.98 Å². The molecular formula is C35H51FeN3. The SMILES string of the molecule is CC(=Nc1c(C(C)C)cccc1C(C)C)c1ccc(C(C)=Nc2c(C(C)C)cc(C)cc2C(C)C)[nH]1.[CH3-].[CH3-].[Fe+2]. The number of aryl methyl sites for hydroxylation is 1. The maximum atomic E-state index is 5.19. The van der Waals surface area contributed by atoms with Crippen molar-refractivity contribution in [3.63, 3.8) is 0 Å². The Kier molecular flexibility index (Phi) is 14.4. The predicted molar refractivity (Wildman–Crippen MR) is 171 cm³/mol. The predicted octanol–water partition coefficient (Wildman–Crippen LogP) is 11.0. The molecule has 0 bridgehead atoms. The molecule has 0 spiro atoms. The molecule has 3 nitrogen and oxygen atoms in total. The van der Waals surface area contributed by atoms with Crippen molar-refractivity contribution in [3.05, 3.63) is 96.5 Å². The van der Waals surface area contributed by atoms with Crippen LogP contribution in [0.15, 0.2) is 52.4 Å². The molecule has 0 aliphatic heterocycles. The fourth-order valence-electron chi connectivity index (χ4n) is 4.76. The minimum Gasteiger partial charge on any atom is -0.358 e. The van der Waals surface area contributed by atoms with Crippen molar-refractivity contribution in [2.24, 2.45) is 9.98 Å². The van der Waals surface area contributed by atoms with Crippen LogP contribution in [-0.2, 0) is 17.1 Å². The third-order valence-electron chi connectivity index (χ3n) is 6.92. The second-order valence-corrected chi connectivity index (χ2v) is 11.4. The molecular weight excluding hydrogens is 518 g/mol. The zero-order chi connectivity index (χ0) is 26.7. The van der Waals surface area contributed by atoms with Gasteiger partial charge in [0.2, 0.25) is 0 Å². The van der Waals surface area contributed by atoms with E-state index in [0.29, 0.717) is 23.7 Å². The van der Waals surface area contributed by atoms with Gasteiger partial charge in [0.05, 0.1) is 34.2 Å². The molecule has 214 valence electrons. The Morgan fingerprint density at radius 1 is 0.590 bits per heavy atom. The minimum absolute atomic E-state index is 0. The van der Waals surface area contributed by atoms with Crippen molar-refractivity contribution >= 4 is 22.8 Å². The van der Waals surface area contributed by atoms with E-state index in [-0.39, 0.29) is 31.9 Å². The fourth-order valence-corrected chi connectivity index (χ4v) is 4.76. The summed E-state index contributed by atoms with van der Waals surface area (Å²) < 4.78 is 0. The number of para-hydroxylation sites is 1. The molecule has 39 heavy (non-hydrogen) atoms. The Bertz CT molecular complexity index is 1220. The topological polar surface area (TPSA) is 40.5 Å². The third kappa shape index (κ3) is 8.53. The van der Waals surface area contributed by atoms with Gasteiger partial charge in [-0.05, 0) is 78.8 Å². The Labute approximate surface area is 250 Å². The van der Waals surface area contributed by atoms with Gasteiger partial charge in [0.15, 0.2) is 0 Å². The molecule has 1 aromatic heterocycles. The Morgan fingerprint density at radius 3 is 1.26 bits per heavy atom. The molecule has 0 atom stereocenters. The molecule has 3 aromatic rings. The number of nitrogens with zero attached hydrogens (tertiary/aromatic N) is 2. The minimum atomic E-state index is 0. The van der Waals surface area contributed by atoms with Crippen LogP contribution in [0, 0.1) is 21.8 Å². The zero-order valence-electron chi connectivity index (χ0n) is 26.6. The summed E-state index contributed by atoms with van der Waals surface area (Å²) in [6.45, 7) is 24.3. The quantitative estimate of drug-likeness (QED) is 0.159. The van der Waals surface area contributed by atoms with Crippen LogP contribution in [0.1, 0.15) is 132 Å². The van der Waals surface area contributed by atoms with E-state index in [1.54, 1.807) is 0 Å². The second-order valence-electron chi connectivity index (χ2n) is 11.4. The van der Waals surface area contributed by atoms with Gasteiger partial charge in [-0.3, -0.25) is 9.98 Å². The Morgan fingerprint density at radius 2 is 0.923 bits per heavy atom. The molecule has 2 aromatic carbocycles. The van der Waals surface area contributed by atoms with E-state index in [4.69, 9.17) is 9.98 Å². The van der Waals surface area contributed by atoms with Crippen LogP contribution >= 0.6 is 0 Å². The van der Waals surface area contributed by atoms with Crippen molar-refractivity contribution in [3.8, 4) is 0 Å². The molecule has 1 N–H and O–H groups in total. The molecule has 3 rings (SSSR count). The van der Waals surface area contributed by atoms with Gasteiger partial charge in [-0.15, -0.1) is 0 Å². The van der Waals surface area contributed by atoms with E-state index in [9.17, 15) is 0 Å². The van der Waals surface area contributed by atoms with Gasteiger partial charge in [0.25, 0.3) is 0 Å². The summed E-state index contributed by atoms with van der Waals surface area (Å²) >= 11 is 0. The first-order valence-electron chi connectivity index (χ1n) is 13.5. The van der Waals surface area contributed by atoms with Crippen molar-refractivity contribution in [1.29, 1.82) is 0 Å². The standard InChI is InChI=1S/C33H45N3.2CH3.Fe/c1-19(2)26-13-12-14-27(20(3)4)32(26)34-24(10)30-15-16-31(36-30)25(11)35-33-28(21(5)6)17-23(9)18-29(33)22(7)8;;;/h12-22,36H,1-11H3;2*1H3;/q;2*-1;+2. The van der Waals surface area contributed by atoms with Crippen LogP contribution in [0.25, 0.3) is 0 Å². The molecule has 0 saturated carbocycles. The number of H-pyrrole nitrogens is 1. The van der Waals surface area contributed by atoms with Gasteiger partial charge in [0, 0.05) is 0 Å². The molecule has 0 aliphatic rings. The summed E-state index contributed by atoms with van der Waals surface area (Å²) in [4.78, 5) is 13.9. The first kappa shape index (κ1) is 36.6. The fraction of sp³-hybridized carbons (Fsp3) is 0.429. The van der Waals surface area contributed by atoms with E-state index >= 15 is 0 Å². The average molecular weight is 570 g/mol. The van der Waals surface area contributed by atoms with Gasteiger partial charge in [-0.1, -0.05) is 91.3 Å². The van der Waals surface area contributed by atoms with E-state index in [1.807, 2.05) is 0 Å². The third-order valence-corrected chi connectivity index (χ3v) is 6.92. The van der Waals surface area contributed by atoms with Gasteiger partial charge in [-0.25, -0.2) is 0 Å².